The molecule has 1 aromatic carbocycles. The molecule has 0 aliphatic rings. The van der Waals surface area contributed by atoms with E-state index in [0.717, 1.165) is 6.42 Å². The van der Waals surface area contributed by atoms with Crippen molar-refractivity contribution in [3.63, 3.8) is 0 Å². The van der Waals surface area contributed by atoms with Crippen LogP contribution in [0.1, 0.15) is 30.1 Å². The summed E-state index contributed by atoms with van der Waals surface area (Å²) in [6.45, 7) is 2.12. The highest BCUT2D eigenvalue weighted by Gasteiger charge is 2.03. The molecule has 5 nitrogen and oxygen atoms in total. The quantitative estimate of drug-likeness (QED) is 0.532. The molecule has 1 rings (SSSR count). The van der Waals surface area contributed by atoms with Gasteiger partial charge in [0.15, 0.2) is 5.78 Å². The fraction of sp³-hybridized carbons (Fsp3) is 0.385. The molecule has 0 atom stereocenters. The molecule has 5 heteroatoms. The van der Waals surface area contributed by atoms with Crippen molar-refractivity contribution in [1.82, 2.24) is 5.32 Å². The number of anilines is 1. The van der Waals surface area contributed by atoms with Gasteiger partial charge in [-0.05, 0) is 31.9 Å². The lowest BCUT2D eigenvalue weighted by atomic mass is 10.1. The molecule has 0 fully saturated rings. The second-order valence-electron chi connectivity index (χ2n) is 3.95. The van der Waals surface area contributed by atoms with Crippen molar-refractivity contribution in [2.75, 3.05) is 18.5 Å². The molecular weight excluding hydrogens is 232 g/mol. The lowest BCUT2D eigenvalue weighted by molar-refractivity contribution is 0.101. The number of aliphatic hydroxyl groups is 1. The predicted octanol–water partition coefficient (Wildman–Crippen LogP) is 1.78. The summed E-state index contributed by atoms with van der Waals surface area (Å²) >= 11 is 0. The molecule has 0 saturated carbocycles. The molecule has 2 amide bonds. The van der Waals surface area contributed by atoms with E-state index in [1.165, 1.54) is 6.92 Å². The summed E-state index contributed by atoms with van der Waals surface area (Å²) in [7, 11) is 0. The zero-order chi connectivity index (χ0) is 13.4. The van der Waals surface area contributed by atoms with Crippen LogP contribution in [-0.2, 0) is 0 Å². The van der Waals surface area contributed by atoms with Crippen molar-refractivity contribution >= 4 is 17.5 Å². The van der Waals surface area contributed by atoms with Gasteiger partial charge in [-0.15, -0.1) is 0 Å². The Morgan fingerprint density at radius 1 is 1.28 bits per heavy atom. The van der Waals surface area contributed by atoms with Gasteiger partial charge in [-0.1, -0.05) is 12.1 Å². The second-order valence-corrected chi connectivity index (χ2v) is 3.95. The number of Topliss-reactive ketones (excluding diaryl/α,β-unsaturated/α-hetero) is 1. The van der Waals surface area contributed by atoms with Gasteiger partial charge in [-0.25, -0.2) is 4.79 Å². The van der Waals surface area contributed by atoms with Gasteiger partial charge in [0, 0.05) is 24.4 Å². The number of hydrogen-bond acceptors (Lipinski definition) is 3. The number of unbranched alkanes of at least 4 members (excludes halogenated alkanes) is 1. The topological polar surface area (TPSA) is 78.4 Å². The summed E-state index contributed by atoms with van der Waals surface area (Å²) < 4.78 is 0. The molecule has 0 aromatic heterocycles. The van der Waals surface area contributed by atoms with Crippen molar-refractivity contribution in [3.8, 4) is 0 Å². The number of rotatable bonds is 6. The van der Waals surface area contributed by atoms with E-state index in [2.05, 4.69) is 10.6 Å². The molecule has 1 aromatic rings. The molecule has 0 aliphatic heterocycles. The second kappa shape index (κ2) is 7.45. The van der Waals surface area contributed by atoms with Crippen LogP contribution in [0.4, 0.5) is 10.5 Å². The minimum absolute atomic E-state index is 0.0398. The maximum atomic E-state index is 11.5. The van der Waals surface area contributed by atoms with Crippen molar-refractivity contribution in [2.24, 2.45) is 0 Å². The van der Waals surface area contributed by atoms with E-state index in [1.54, 1.807) is 24.3 Å². The monoisotopic (exact) mass is 250 g/mol. The smallest absolute Gasteiger partial charge is 0.319 e. The fourth-order valence-electron chi connectivity index (χ4n) is 1.43. The van der Waals surface area contributed by atoms with Crippen LogP contribution in [-0.4, -0.2) is 30.1 Å². The highest BCUT2D eigenvalue weighted by Crippen LogP contribution is 2.10. The Morgan fingerprint density at radius 3 is 2.72 bits per heavy atom. The lowest BCUT2D eigenvalue weighted by Crippen LogP contribution is -2.29. The fourth-order valence-corrected chi connectivity index (χ4v) is 1.43. The third-order valence-electron chi connectivity index (χ3n) is 2.40. The van der Waals surface area contributed by atoms with Crippen LogP contribution in [0, 0.1) is 0 Å². The van der Waals surface area contributed by atoms with Crippen molar-refractivity contribution in [2.45, 2.75) is 19.8 Å². The van der Waals surface area contributed by atoms with Crippen molar-refractivity contribution in [1.29, 1.82) is 0 Å². The summed E-state index contributed by atoms with van der Waals surface area (Å²) in [4.78, 5) is 22.7. The van der Waals surface area contributed by atoms with Crippen LogP contribution < -0.4 is 10.6 Å². The Morgan fingerprint density at radius 2 is 2.06 bits per heavy atom. The average molecular weight is 250 g/mol. The Bertz CT molecular complexity index is 418. The van der Waals surface area contributed by atoms with Gasteiger partial charge in [-0.2, -0.15) is 0 Å². The first-order valence-electron chi connectivity index (χ1n) is 5.90. The maximum absolute atomic E-state index is 11.5. The average Bonchev–Trinajstić information content (AvgIpc) is 2.35. The van der Waals surface area contributed by atoms with E-state index in [-0.39, 0.29) is 18.4 Å². The molecule has 0 bridgehead atoms. The van der Waals surface area contributed by atoms with Gasteiger partial charge >= 0.3 is 6.03 Å². The SMILES string of the molecule is CC(=O)c1cccc(NC(=O)NCCCCO)c1. The van der Waals surface area contributed by atoms with Gasteiger partial charge in [0.2, 0.25) is 0 Å². The zero-order valence-electron chi connectivity index (χ0n) is 10.4. The molecule has 0 spiro atoms. The molecule has 3 N–H and O–H groups in total. The highest BCUT2D eigenvalue weighted by atomic mass is 16.3. The summed E-state index contributed by atoms with van der Waals surface area (Å²) in [5, 5.41) is 13.9. The number of benzene rings is 1. The molecular formula is C13H18N2O3. The Kier molecular flexibility index (Phi) is 5.87. The number of hydrogen-bond donors (Lipinski definition) is 3. The van der Waals surface area contributed by atoms with Gasteiger partial charge in [0.05, 0.1) is 0 Å². The summed E-state index contributed by atoms with van der Waals surface area (Å²) in [5.41, 5.74) is 1.15. The third-order valence-corrected chi connectivity index (χ3v) is 2.40. The number of aliphatic hydroxyl groups excluding tert-OH is 1. The van der Waals surface area contributed by atoms with Crippen LogP contribution in [0.2, 0.25) is 0 Å². The number of nitrogens with one attached hydrogen (secondary N) is 2. The minimum Gasteiger partial charge on any atom is -0.396 e. The maximum Gasteiger partial charge on any atom is 0.319 e. The summed E-state index contributed by atoms with van der Waals surface area (Å²) in [6, 6.07) is 6.47. The molecule has 0 aliphatic carbocycles. The highest BCUT2D eigenvalue weighted by molar-refractivity contribution is 5.96. The van der Waals surface area contributed by atoms with Crippen LogP contribution >= 0.6 is 0 Å². The van der Waals surface area contributed by atoms with Crippen LogP contribution in [0.5, 0.6) is 0 Å². The number of ketones is 1. The Hall–Kier alpha value is -1.88. The molecule has 0 saturated heterocycles. The first-order chi connectivity index (χ1) is 8.63. The number of urea groups is 1. The Labute approximate surface area is 106 Å². The third kappa shape index (κ3) is 4.97. The van der Waals surface area contributed by atoms with Crippen molar-refractivity contribution < 1.29 is 14.7 Å². The first-order valence-corrected chi connectivity index (χ1v) is 5.90. The first kappa shape index (κ1) is 14.2. The number of amides is 2. The molecule has 0 heterocycles. The molecule has 0 radical (unpaired) electrons. The normalized spacial score (nSPS) is 9.89. The summed E-state index contributed by atoms with van der Waals surface area (Å²) in [6.07, 6.45) is 1.40. The van der Waals surface area contributed by atoms with E-state index in [0.29, 0.717) is 24.2 Å². The molecule has 18 heavy (non-hydrogen) atoms. The van der Waals surface area contributed by atoms with Gasteiger partial charge in [0.1, 0.15) is 0 Å². The van der Waals surface area contributed by atoms with E-state index in [1.807, 2.05) is 0 Å². The van der Waals surface area contributed by atoms with E-state index < -0.39 is 0 Å². The van der Waals surface area contributed by atoms with E-state index in [9.17, 15) is 9.59 Å². The predicted molar refractivity (Wildman–Crippen MR) is 69.8 cm³/mol. The molecule has 0 unspecified atom stereocenters. The summed E-state index contributed by atoms with van der Waals surface area (Å²) in [5.74, 6) is -0.0398. The largest absolute Gasteiger partial charge is 0.396 e. The molecule has 98 valence electrons. The Balaban J connectivity index is 2.44. The van der Waals surface area contributed by atoms with E-state index >= 15 is 0 Å². The standard InChI is InChI=1S/C13H18N2O3/c1-10(17)11-5-4-6-12(9-11)15-13(18)14-7-2-3-8-16/h4-6,9,16H,2-3,7-8H2,1H3,(H2,14,15,18). The number of carbonyl (C=O) groups excluding carboxylic acids is 2. The van der Waals surface area contributed by atoms with Gasteiger partial charge in [-0.3, -0.25) is 4.79 Å². The van der Waals surface area contributed by atoms with E-state index in [4.69, 9.17) is 5.11 Å². The number of carbonyl (C=O) groups is 2. The minimum atomic E-state index is -0.311. The van der Waals surface area contributed by atoms with Crippen LogP contribution in [0.15, 0.2) is 24.3 Å². The van der Waals surface area contributed by atoms with Crippen LogP contribution in [0.3, 0.4) is 0 Å². The van der Waals surface area contributed by atoms with Gasteiger partial charge in [0.25, 0.3) is 0 Å². The van der Waals surface area contributed by atoms with Crippen molar-refractivity contribution in [3.05, 3.63) is 29.8 Å². The van der Waals surface area contributed by atoms with Gasteiger partial charge < -0.3 is 15.7 Å². The van der Waals surface area contributed by atoms with Crippen LogP contribution in [0.25, 0.3) is 0 Å². The zero-order valence-corrected chi connectivity index (χ0v) is 10.4. The lowest BCUT2D eigenvalue weighted by Gasteiger charge is -2.08.